The monoisotopic (exact) mass is 242 g/mol. The van der Waals surface area contributed by atoms with Gasteiger partial charge in [-0.2, -0.15) is 0 Å². The zero-order valence-corrected chi connectivity index (χ0v) is 11.5. The molecule has 0 aromatic carbocycles. The largest absolute Gasteiger partial charge is 0.0804 e. The van der Waals surface area contributed by atoms with Gasteiger partial charge in [0.1, 0.15) is 0 Å². The van der Waals surface area contributed by atoms with E-state index in [1.165, 1.54) is 12.0 Å². The molecule has 0 saturated heterocycles. The Balaban J connectivity index is 0.000001000. The third-order valence-electron chi connectivity index (χ3n) is 2.29. The summed E-state index contributed by atoms with van der Waals surface area (Å²) < 4.78 is 0. The van der Waals surface area contributed by atoms with E-state index in [2.05, 4.69) is 33.0 Å². The molecule has 2 heteroatoms. The predicted octanol–water partition coefficient (Wildman–Crippen LogP) is 2.68. The second-order valence-corrected chi connectivity index (χ2v) is 6.57. The van der Waals surface area contributed by atoms with E-state index in [-0.39, 0.29) is 26.2 Å². The smallest absolute Gasteiger partial charge is 0.0600 e. The van der Waals surface area contributed by atoms with Crippen LogP contribution in [0.1, 0.15) is 20.3 Å². The molecule has 0 atom stereocenters. The molecule has 0 aromatic rings. The average Bonchev–Trinajstić information content (AvgIpc) is 2.13. The van der Waals surface area contributed by atoms with Crippen LogP contribution in [-0.2, 0) is 26.2 Å². The fourth-order valence-corrected chi connectivity index (χ4v) is 2.57. The van der Waals surface area contributed by atoms with Crippen LogP contribution in [0.2, 0.25) is 13.1 Å². The van der Waals surface area contributed by atoms with Crippen LogP contribution in [0.15, 0.2) is 22.4 Å². The van der Waals surface area contributed by atoms with Gasteiger partial charge in [-0.15, -0.1) is 0 Å². The molecule has 0 bridgehead atoms. The quantitative estimate of drug-likeness (QED) is 0.621. The topological polar surface area (TPSA) is 0 Å². The van der Waals surface area contributed by atoms with Gasteiger partial charge in [0, 0.05) is 26.2 Å². The molecule has 0 amide bonds. The van der Waals surface area contributed by atoms with Gasteiger partial charge >= 0.3 is 0 Å². The minimum atomic E-state index is -0.480. The first-order valence-electron chi connectivity index (χ1n) is 3.98. The minimum absolute atomic E-state index is 0. The van der Waals surface area contributed by atoms with Gasteiger partial charge in [-0.25, -0.2) is 0 Å². The number of hydrogen-bond donors (Lipinski definition) is 0. The van der Waals surface area contributed by atoms with Crippen molar-refractivity contribution in [3.8, 4) is 0 Å². The van der Waals surface area contributed by atoms with Gasteiger partial charge < -0.3 is 0 Å². The molecular formula is C9H16SiZr. The van der Waals surface area contributed by atoms with E-state index in [9.17, 15) is 0 Å². The average molecular weight is 244 g/mol. The molecule has 0 aromatic heterocycles. The van der Waals surface area contributed by atoms with Crippen LogP contribution in [0.4, 0.5) is 0 Å². The van der Waals surface area contributed by atoms with Crippen LogP contribution in [0.25, 0.3) is 0 Å². The molecule has 60 valence electrons. The van der Waals surface area contributed by atoms with Gasteiger partial charge in [-0.05, 0) is 20.3 Å². The predicted molar refractivity (Wildman–Crippen MR) is 50.0 cm³/mol. The Morgan fingerprint density at radius 2 is 1.82 bits per heavy atom. The fraction of sp³-hybridized carbons (Fsp3) is 0.556. The van der Waals surface area contributed by atoms with Gasteiger partial charge in [0.05, 0.1) is 8.80 Å². The molecule has 0 unspecified atom stereocenters. The van der Waals surface area contributed by atoms with E-state index >= 15 is 0 Å². The second-order valence-electron chi connectivity index (χ2n) is 3.51. The second kappa shape index (κ2) is 4.57. The SMILES string of the molecule is CC1=C(C)CC([SiH](C)C)=C1.[Zr]. The Labute approximate surface area is 90.5 Å². The van der Waals surface area contributed by atoms with Crippen molar-refractivity contribution < 1.29 is 26.2 Å². The van der Waals surface area contributed by atoms with Crippen molar-refractivity contribution in [2.75, 3.05) is 0 Å². The van der Waals surface area contributed by atoms with Crippen LogP contribution in [-0.4, -0.2) is 8.80 Å². The summed E-state index contributed by atoms with van der Waals surface area (Å²) in [7, 11) is -0.480. The maximum absolute atomic E-state index is 2.40. The zero-order valence-electron chi connectivity index (χ0n) is 7.86. The molecule has 0 radical (unpaired) electrons. The van der Waals surface area contributed by atoms with Crippen LogP contribution in [0.3, 0.4) is 0 Å². The standard InChI is InChI=1S/C9H16Si.Zr/c1-7-5-9(10(3)4)6-8(7)2;/h5,10H,6H2,1-4H3;. The zero-order chi connectivity index (χ0) is 7.72. The number of rotatable bonds is 1. The van der Waals surface area contributed by atoms with Gasteiger partial charge in [0.25, 0.3) is 0 Å². The first-order valence-corrected chi connectivity index (χ1v) is 6.86. The Hall–Kier alpha value is 0.580. The van der Waals surface area contributed by atoms with E-state index in [1.807, 2.05) is 0 Å². The van der Waals surface area contributed by atoms with Crippen molar-refractivity contribution in [3.63, 3.8) is 0 Å². The normalized spacial score (nSPS) is 17.0. The van der Waals surface area contributed by atoms with Crippen molar-refractivity contribution in [3.05, 3.63) is 22.4 Å². The van der Waals surface area contributed by atoms with Crippen LogP contribution < -0.4 is 0 Å². The Morgan fingerprint density at radius 3 is 2.00 bits per heavy atom. The van der Waals surface area contributed by atoms with Crippen molar-refractivity contribution in [1.29, 1.82) is 0 Å². The van der Waals surface area contributed by atoms with Crippen molar-refractivity contribution in [1.82, 2.24) is 0 Å². The molecule has 0 spiro atoms. The summed E-state index contributed by atoms with van der Waals surface area (Å²) in [5, 5.41) is 1.73. The van der Waals surface area contributed by atoms with Gasteiger partial charge in [0.15, 0.2) is 0 Å². The summed E-state index contributed by atoms with van der Waals surface area (Å²) >= 11 is 0. The maximum Gasteiger partial charge on any atom is 0.0600 e. The Bertz CT molecular complexity index is 202. The van der Waals surface area contributed by atoms with E-state index in [0.717, 1.165) is 0 Å². The molecule has 0 heterocycles. The first kappa shape index (κ1) is 11.6. The molecule has 0 aliphatic heterocycles. The molecule has 1 rings (SSSR count). The van der Waals surface area contributed by atoms with Gasteiger partial charge in [-0.3, -0.25) is 0 Å². The van der Waals surface area contributed by atoms with E-state index in [4.69, 9.17) is 0 Å². The Morgan fingerprint density at radius 1 is 1.27 bits per heavy atom. The number of hydrogen-bond acceptors (Lipinski definition) is 0. The van der Waals surface area contributed by atoms with E-state index in [1.54, 1.807) is 10.8 Å². The van der Waals surface area contributed by atoms with Crippen molar-refractivity contribution in [2.24, 2.45) is 0 Å². The van der Waals surface area contributed by atoms with Crippen LogP contribution in [0.5, 0.6) is 0 Å². The molecule has 0 saturated carbocycles. The molecule has 0 fully saturated rings. The van der Waals surface area contributed by atoms with E-state index < -0.39 is 8.80 Å². The van der Waals surface area contributed by atoms with Crippen molar-refractivity contribution in [2.45, 2.75) is 33.4 Å². The van der Waals surface area contributed by atoms with Crippen LogP contribution in [0, 0.1) is 0 Å². The minimum Gasteiger partial charge on any atom is -0.0804 e. The summed E-state index contributed by atoms with van der Waals surface area (Å²) in [5.41, 5.74) is 3.09. The van der Waals surface area contributed by atoms with Crippen LogP contribution >= 0.6 is 0 Å². The van der Waals surface area contributed by atoms with E-state index in [0.29, 0.717) is 0 Å². The maximum atomic E-state index is 2.40. The molecule has 0 N–H and O–H groups in total. The molecule has 0 nitrogen and oxygen atoms in total. The summed E-state index contributed by atoms with van der Waals surface area (Å²) in [6.45, 7) is 9.27. The third-order valence-corrected chi connectivity index (χ3v) is 4.14. The van der Waals surface area contributed by atoms with Crippen molar-refractivity contribution >= 4 is 8.80 Å². The molecule has 1 aliphatic rings. The summed E-state index contributed by atoms with van der Waals surface area (Å²) in [6, 6.07) is 0. The Kier molecular flexibility index (Phi) is 4.81. The molecular weight excluding hydrogens is 227 g/mol. The van der Waals surface area contributed by atoms with Gasteiger partial charge in [-0.1, -0.05) is 35.5 Å². The number of allylic oxidation sites excluding steroid dienone is 4. The fourth-order valence-electron chi connectivity index (χ4n) is 1.27. The third kappa shape index (κ3) is 2.83. The van der Waals surface area contributed by atoms with Gasteiger partial charge in [0.2, 0.25) is 0 Å². The molecule has 1 aliphatic carbocycles. The first-order chi connectivity index (χ1) is 4.61. The summed E-state index contributed by atoms with van der Waals surface area (Å²) in [4.78, 5) is 0. The molecule has 11 heavy (non-hydrogen) atoms. The summed E-state index contributed by atoms with van der Waals surface area (Å²) in [6.07, 6.45) is 3.67. The summed E-state index contributed by atoms with van der Waals surface area (Å²) in [5.74, 6) is 0.